The van der Waals surface area contributed by atoms with Gasteiger partial charge in [-0.15, -0.1) is 12.4 Å². The third-order valence-corrected chi connectivity index (χ3v) is 3.66. The molecule has 0 aliphatic carbocycles. The fraction of sp³-hybridized carbons (Fsp3) is 0.133. The van der Waals surface area contributed by atoms with Crippen LogP contribution in [-0.2, 0) is 4.79 Å². The fourth-order valence-corrected chi connectivity index (χ4v) is 2.14. The van der Waals surface area contributed by atoms with Crippen LogP contribution in [0.15, 0.2) is 42.5 Å². The fourth-order valence-electron chi connectivity index (χ4n) is 1.85. The van der Waals surface area contributed by atoms with Crippen LogP contribution in [0.2, 0.25) is 10.0 Å². The Bertz CT molecular complexity index is 664. The lowest BCUT2D eigenvalue weighted by molar-refractivity contribution is -0.138. The van der Waals surface area contributed by atoms with Gasteiger partial charge in [-0.2, -0.15) is 0 Å². The van der Waals surface area contributed by atoms with Crippen LogP contribution in [0.1, 0.15) is 11.5 Å². The number of carboxylic acid groups (broad SMARTS) is 1. The lowest BCUT2D eigenvalue weighted by Crippen LogP contribution is -2.21. The van der Waals surface area contributed by atoms with Crippen LogP contribution >= 0.6 is 35.6 Å². The second kappa shape index (κ2) is 8.25. The molecule has 22 heavy (non-hydrogen) atoms. The summed E-state index contributed by atoms with van der Waals surface area (Å²) in [5.74, 6) is -0.710. The van der Waals surface area contributed by atoms with E-state index in [0.29, 0.717) is 27.1 Å². The molecule has 0 fully saturated rings. The predicted molar refractivity (Wildman–Crippen MR) is 89.7 cm³/mol. The van der Waals surface area contributed by atoms with E-state index in [1.807, 2.05) is 0 Å². The molecule has 7 heteroatoms. The first kappa shape index (κ1) is 18.6. The highest BCUT2D eigenvalue weighted by atomic mass is 35.5. The number of rotatable bonds is 5. The van der Waals surface area contributed by atoms with Gasteiger partial charge in [-0.3, -0.25) is 4.79 Å². The molecule has 0 aliphatic heterocycles. The lowest BCUT2D eigenvalue weighted by Gasteiger charge is -2.12. The summed E-state index contributed by atoms with van der Waals surface area (Å²) in [7, 11) is 0. The molecule has 0 amide bonds. The predicted octanol–water partition coefficient (Wildman–Crippen LogP) is 4.33. The first-order valence-corrected chi connectivity index (χ1v) is 6.92. The number of hydrogen-bond donors (Lipinski definition) is 2. The zero-order valence-corrected chi connectivity index (χ0v) is 13.7. The van der Waals surface area contributed by atoms with Gasteiger partial charge < -0.3 is 15.6 Å². The second-order valence-corrected chi connectivity index (χ2v) is 5.19. The number of aliphatic carboxylic acids is 1. The molecule has 0 saturated carbocycles. The minimum absolute atomic E-state index is 0. The van der Waals surface area contributed by atoms with Crippen molar-refractivity contribution in [1.29, 1.82) is 0 Å². The Balaban J connectivity index is 0.00000242. The Morgan fingerprint density at radius 2 is 1.82 bits per heavy atom. The molecule has 2 rings (SSSR count). The summed E-state index contributed by atoms with van der Waals surface area (Å²) in [6.45, 7) is 0.0194. The highest BCUT2D eigenvalue weighted by Gasteiger charge is 2.18. The quantitative estimate of drug-likeness (QED) is 0.830. The van der Waals surface area contributed by atoms with Crippen molar-refractivity contribution >= 4 is 41.6 Å². The molecule has 0 heterocycles. The molecule has 0 bridgehead atoms. The standard InChI is InChI=1S/C15H13Cl2NO3.ClH/c16-13-5-4-11(7-14(13)17)21-10-3-1-2-9(6-10)12(8-18)15(19)20;/h1-7,12H,8,18H2,(H,19,20);1H. The minimum Gasteiger partial charge on any atom is -0.481 e. The zero-order chi connectivity index (χ0) is 15.4. The number of carbonyl (C=O) groups is 1. The Morgan fingerprint density at radius 3 is 2.41 bits per heavy atom. The van der Waals surface area contributed by atoms with E-state index in [9.17, 15) is 4.79 Å². The maximum absolute atomic E-state index is 11.1. The van der Waals surface area contributed by atoms with Crippen LogP contribution in [0.3, 0.4) is 0 Å². The van der Waals surface area contributed by atoms with E-state index in [1.54, 1.807) is 42.5 Å². The van der Waals surface area contributed by atoms with Gasteiger partial charge in [0.2, 0.25) is 0 Å². The first-order valence-electron chi connectivity index (χ1n) is 6.17. The molecule has 3 N–H and O–H groups in total. The van der Waals surface area contributed by atoms with Gasteiger partial charge in [0.25, 0.3) is 0 Å². The smallest absolute Gasteiger partial charge is 0.312 e. The van der Waals surface area contributed by atoms with Crippen molar-refractivity contribution in [2.75, 3.05) is 6.54 Å². The van der Waals surface area contributed by atoms with Gasteiger partial charge in [0.1, 0.15) is 11.5 Å². The molecule has 1 unspecified atom stereocenters. The molecule has 118 valence electrons. The van der Waals surface area contributed by atoms with E-state index < -0.39 is 11.9 Å². The second-order valence-electron chi connectivity index (χ2n) is 4.38. The number of ether oxygens (including phenoxy) is 1. The maximum atomic E-state index is 11.1. The lowest BCUT2D eigenvalue weighted by atomic mass is 9.99. The highest BCUT2D eigenvalue weighted by Crippen LogP contribution is 2.30. The van der Waals surface area contributed by atoms with Crippen LogP contribution in [0.5, 0.6) is 11.5 Å². The molecular formula is C15H14Cl3NO3. The Hall–Kier alpha value is -1.46. The average Bonchev–Trinajstić information content (AvgIpc) is 2.44. The summed E-state index contributed by atoms with van der Waals surface area (Å²) in [5, 5.41) is 9.94. The van der Waals surface area contributed by atoms with Crippen molar-refractivity contribution in [2.45, 2.75) is 5.92 Å². The van der Waals surface area contributed by atoms with Gasteiger partial charge in [-0.1, -0.05) is 35.3 Å². The topological polar surface area (TPSA) is 72.6 Å². The van der Waals surface area contributed by atoms with Gasteiger partial charge in [0.05, 0.1) is 16.0 Å². The Morgan fingerprint density at radius 1 is 1.14 bits per heavy atom. The SMILES string of the molecule is Cl.NCC(C(=O)O)c1cccc(Oc2ccc(Cl)c(Cl)c2)c1. The van der Waals surface area contributed by atoms with Gasteiger partial charge in [0, 0.05) is 12.6 Å². The first-order chi connectivity index (χ1) is 10.0. The summed E-state index contributed by atoms with van der Waals surface area (Å²) in [6.07, 6.45) is 0. The molecule has 0 saturated heterocycles. The van der Waals surface area contributed by atoms with Gasteiger partial charge in [-0.25, -0.2) is 0 Å². The van der Waals surface area contributed by atoms with Crippen LogP contribution in [-0.4, -0.2) is 17.6 Å². The van der Waals surface area contributed by atoms with Crippen LogP contribution in [0.25, 0.3) is 0 Å². The Labute approximate surface area is 144 Å². The molecule has 2 aromatic carbocycles. The van der Waals surface area contributed by atoms with Crippen molar-refractivity contribution in [3.63, 3.8) is 0 Å². The van der Waals surface area contributed by atoms with E-state index >= 15 is 0 Å². The summed E-state index contributed by atoms with van der Waals surface area (Å²) < 4.78 is 5.65. The minimum atomic E-state index is -0.968. The highest BCUT2D eigenvalue weighted by molar-refractivity contribution is 6.42. The third kappa shape index (κ3) is 4.52. The Kier molecular flexibility index (Phi) is 6.97. The van der Waals surface area contributed by atoms with E-state index in [-0.39, 0.29) is 19.0 Å². The van der Waals surface area contributed by atoms with Crippen molar-refractivity contribution in [2.24, 2.45) is 5.73 Å². The summed E-state index contributed by atoms with van der Waals surface area (Å²) in [6, 6.07) is 11.7. The number of halogens is 3. The summed E-state index contributed by atoms with van der Waals surface area (Å²) in [5.41, 5.74) is 6.08. The van der Waals surface area contributed by atoms with Crippen molar-refractivity contribution in [3.05, 3.63) is 58.1 Å². The van der Waals surface area contributed by atoms with E-state index in [4.69, 9.17) is 38.8 Å². The molecule has 0 spiro atoms. The maximum Gasteiger partial charge on any atom is 0.312 e. The largest absolute Gasteiger partial charge is 0.481 e. The van der Waals surface area contributed by atoms with E-state index in [1.165, 1.54) is 0 Å². The third-order valence-electron chi connectivity index (χ3n) is 2.92. The summed E-state index contributed by atoms with van der Waals surface area (Å²) >= 11 is 11.8. The normalized spacial score (nSPS) is 11.4. The van der Waals surface area contributed by atoms with Crippen LogP contribution < -0.4 is 10.5 Å². The molecule has 1 atom stereocenters. The molecule has 0 radical (unpaired) electrons. The van der Waals surface area contributed by atoms with Gasteiger partial charge in [-0.05, 0) is 29.8 Å². The molecular weight excluding hydrogens is 349 g/mol. The van der Waals surface area contributed by atoms with Crippen LogP contribution in [0, 0.1) is 0 Å². The van der Waals surface area contributed by atoms with Crippen molar-refractivity contribution in [3.8, 4) is 11.5 Å². The van der Waals surface area contributed by atoms with E-state index in [0.717, 1.165) is 0 Å². The average molecular weight is 363 g/mol. The molecule has 4 nitrogen and oxygen atoms in total. The van der Waals surface area contributed by atoms with Gasteiger partial charge >= 0.3 is 5.97 Å². The monoisotopic (exact) mass is 361 g/mol. The van der Waals surface area contributed by atoms with Gasteiger partial charge in [0.15, 0.2) is 0 Å². The number of hydrogen-bond acceptors (Lipinski definition) is 3. The van der Waals surface area contributed by atoms with Crippen LogP contribution in [0.4, 0.5) is 0 Å². The summed E-state index contributed by atoms with van der Waals surface area (Å²) in [4.78, 5) is 11.1. The number of benzene rings is 2. The van der Waals surface area contributed by atoms with Crippen molar-refractivity contribution in [1.82, 2.24) is 0 Å². The molecule has 0 aliphatic rings. The van der Waals surface area contributed by atoms with E-state index in [2.05, 4.69) is 0 Å². The van der Waals surface area contributed by atoms with Crippen molar-refractivity contribution < 1.29 is 14.6 Å². The molecule has 2 aromatic rings. The number of nitrogens with two attached hydrogens (primary N) is 1. The molecule has 0 aromatic heterocycles. The zero-order valence-electron chi connectivity index (χ0n) is 11.3. The number of carboxylic acids is 1.